The normalized spacial score (nSPS) is 17.9. The zero-order chi connectivity index (χ0) is 21.1. The number of piperidine rings is 1. The van der Waals surface area contributed by atoms with Crippen LogP contribution in [0.25, 0.3) is 0 Å². The van der Waals surface area contributed by atoms with Crippen LogP contribution in [0.1, 0.15) is 28.8 Å². The molecule has 2 heterocycles. The number of nitrogens with zero attached hydrogens (tertiary/aromatic N) is 3. The van der Waals surface area contributed by atoms with Crippen LogP contribution in [0.2, 0.25) is 5.02 Å². The molecule has 2 aromatic carbocycles. The lowest BCUT2D eigenvalue weighted by atomic mass is 9.94. The summed E-state index contributed by atoms with van der Waals surface area (Å²) in [4.78, 5) is 32.0. The molecule has 2 fully saturated rings. The number of carbonyl (C=O) groups excluding carboxylic acids is 2. The highest BCUT2D eigenvalue weighted by Crippen LogP contribution is 2.24. The Labute approximate surface area is 183 Å². The van der Waals surface area contributed by atoms with Crippen LogP contribution in [0.15, 0.2) is 48.5 Å². The summed E-state index contributed by atoms with van der Waals surface area (Å²) in [5, 5.41) is 0.734. The number of amides is 2. The highest BCUT2D eigenvalue weighted by molar-refractivity contribution is 6.30. The second-order valence-corrected chi connectivity index (χ2v) is 8.61. The van der Waals surface area contributed by atoms with E-state index in [2.05, 4.69) is 11.0 Å². The van der Waals surface area contributed by atoms with Gasteiger partial charge in [0.05, 0.1) is 0 Å². The fraction of sp³-hybridized carbons (Fsp3) is 0.417. The lowest BCUT2D eigenvalue weighted by Crippen LogP contribution is -2.52. The van der Waals surface area contributed by atoms with Crippen molar-refractivity contribution in [1.29, 1.82) is 0 Å². The third kappa shape index (κ3) is 4.46. The van der Waals surface area contributed by atoms with E-state index in [4.69, 9.17) is 11.6 Å². The van der Waals surface area contributed by atoms with Crippen LogP contribution in [-0.2, 0) is 4.79 Å². The van der Waals surface area contributed by atoms with E-state index >= 15 is 0 Å². The Kier molecular flexibility index (Phi) is 6.28. The van der Waals surface area contributed by atoms with Crippen LogP contribution < -0.4 is 4.90 Å². The Morgan fingerprint density at radius 2 is 1.57 bits per heavy atom. The topological polar surface area (TPSA) is 43.9 Å². The van der Waals surface area contributed by atoms with Crippen molar-refractivity contribution < 1.29 is 9.59 Å². The Hall–Kier alpha value is -2.53. The van der Waals surface area contributed by atoms with E-state index in [0.717, 1.165) is 60.9 Å². The molecule has 6 heteroatoms. The largest absolute Gasteiger partial charge is 0.368 e. The molecule has 0 bridgehead atoms. The zero-order valence-electron chi connectivity index (χ0n) is 17.4. The summed E-state index contributed by atoms with van der Waals surface area (Å²) < 4.78 is 0. The Bertz CT molecular complexity index is 916. The van der Waals surface area contributed by atoms with Crippen LogP contribution >= 0.6 is 11.6 Å². The first-order valence-electron chi connectivity index (χ1n) is 10.7. The smallest absolute Gasteiger partial charge is 0.254 e. The van der Waals surface area contributed by atoms with Gasteiger partial charge in [-0.1, -0.05) is 35.9 Å². The van der Waals surface area contributed by atoms with Gasteiger partial charge in [0.25, 0.3) is 5.91 Å². The molecule has 2 aliphatic rings. The second kappa shape index (κ2) is 9.09. The van der Waals surface area contributed by atoms with Crippen molar-refractivity contribution >= 4 is 29.1 Å². The number of piperazine rings is 1. The van der Waals surface area contributed by atoms with Crippen molar-refractivity contribution in [1.82, 2.24) is 9.80 Å². The predicted octanol–water partition coefficient (Wildman–Crippen LogP) is 3.85. The predicted molar refractivity (Wildman–Crippen MR) is 120 cm³/mol. The third-order valence-corrected chi connectivity index (χ3v) is 6.51. The third-order valence-electron chi connectivity index (χ3n) is 6.27. The number of aryl methyl sites for hydroxylation is 1. The summed E-state index contributed by atoms with van der Waals surface area (Å²) in [7, 11) is 0. The minimum atomic E-state index is 0.0173. The van der Waals surface area contributed by atoms with E-state index in [9.17, 15) is 9.59 Å². The first-order chi connectivity index (χ1) is 14.5. The monoisotopic (exact) mass is 425 g/mol. The van der Waals surface area contributed by atoms with Gasteiger partial charge in [-0.2, -0.15) is 0 Å². The average molecular weight is 426 g/mol. The van der Waals surface area contributed by atoms with Crippen molar-refractivity contribution in [2.75, 3.05) is 44.2 Å². The van der Waals surface area contributed by atoms with E-state index in [1.807, 2.05) is 59.2 Å². The molecule has 0 atom stereocenters. The molecule has 0 spiro atoms. The van der Waals surface area contributed by atoms with Gasteiger partial charge in [-0.05, 0) is 49.6 Å². The molecule has 0 saturated carbocycles. The van der Waals surface area contributed by atoms with E-state index in [-0.39, 0.29) is 17.7 Å². The highest BCUT2D eigenvalue weighted by atomic mass is 35.5. The number of carbonyl (C=O) groups is 2. The molecule has 2 aromatic rings. The maximum atomic E-state index is 13.0. The van der Waals surface area contributed by atoms with Crippen molar-refractivity contribution in [3.63, 3.8) is 0 Å². The van der Waals surface area contributed by atoms with Gasteiger partial charge >= 0.3 is 0 Å². The van der Waals surface area contributed by atoms with E-state index in [0.29, 0.717) is 13.1 Å². The number of likely N-dealkylation sites (tertiary alicyclic amines) is 1. The van der Waals surface area contributed by atoms with Crippen LogP contribution in [0.4, 0.5) is 5.69 Å². The van der Waals surface area contributed by atoms with Crippen LogP contribution in [-0.4, -0.2) is 60.9 Å². The number of hydrogen-bond acceptors (Lipinski definition) is 3. The van der Waals surface area contributed by atoms with E-state index in [1.165, 1.54) is 0 Å². The Balaban J connectivity index is 1.29. The van der Waals surface area contributed by atoms with Gasteiger partial charge in [-0.15, -0.1) is 0 Å². The van der Waals surface area contributed by atoms with Gasteiger partial charge in [-0.25, -0.2) is 0 Å². The van der Waals surface area contributed by atoms with Gasteiger partial charge in [0, 0.05) is 61.5 Å². The van der Waals surface area contributed by atoms with E-state index in [1.54, 1.807) is 0 Å². The summed E-state index contributed by atoms with van der Waals surface area (Å²) in [6.45, 7) is 6.35. The summed E-state index contributed by atoms with van der Waals surface area (Å²) in [5.41, 5.74) is 2.87. The lowest BCUT2D eigenvalue weighted by molar-refractivity contribution is -0.137. The fourth-order valence-corrected chi connectivity index (χ4v) is 4.61. The summed E-state index contributed by atoms with van der Waals surface area (Å²) in [6, 6.07) is 15.6. The standard InChI is InChI=1S/C24H28ClN3O2/c1-18-5-2-3-8-22(18)24(30)27-11-9-19(10-12-27)23(29)28-15-13-26(14-16-28)21-7-4-6-20(25)17-21/h2-8,17,19H,9-16H2,1H3. The second-order valence-electron chi connectivity index (χ2n) is 8.17. The molecule has 0 radical (unpaired) electrons. The molecule has 0 unspecified atom stereocenters. The minimum absolute atomic E-state index is 0.0173. The molecule has 0 N–H and O–H groups in total. The maximum absolute atomic E-state index is 13.0. The fourth-order valence-electron chi connectivity index (χ4n) is 4.43. The molecular weight excluding hydrogens is 398 g/mol. The lowest BCUT2D eigenvalue weighted by Gasteiger charge is -2.39. The molecule has 2 aliphatic heterocycles. The molecular formula is C24H28ClN3O2. The number of benzene rings is 2. The van der Waals surface area contributed by atoms with Crippen molar-refractivity contribution in [3.05, 3.63) is 64.7 Å². The number of rotatable bonds is 3. The molecule has 4 rings (SSSR count). The first kappa shape index (κ1) is 20.7. The number of halogens is 1. The zero-order valence-corrected chi connectivity index (χ0v) is 18.1. The molecule has 0 aromatic heterocycles. The molecule has 0 aliphatic carbocycles. The number of hydrogen-bond donors (Lipinski definition) is 0. The minimum Gasteiger partial charge on any atom is -0.368 e. The highest BCUT2D eigenvalue weighted by Gasteiger charge is 2.32. The first-order valence-corrected chi connectivity index (χ1v) is 11.0. The van der Waals surface area contributed by atoms with Crippen molar-refractivity contribution in [2.24, 2.45) is 5.92 Å². The van der Waals surface area contributed by atoms with Gasteiger partial charge in [0.2, 0.25) is 5.91 Å². The summed E-state index contributed by atoms with van der Waals surface area (Å²) in [5.74, 6) is 0.335. The molecule has 5 nitrogen and oxygen atoms in total. The van der Waals surface area contributed by atoms with Gasteiger partial charge in [0.1, 0.15) is 0 Å². The quantitative estimate of drug-likeness (QED) is 0.750. The summed E-state index contributed by atoms with van der Waals surface area (Å²) >= 11 is 6.11. The van der Waals surface area contributed by atoms with Gasteiger partial charge < -0.3 is 14.7 Å². The van der Waals surface area contributed by atoms with Gasteiger partial charge in [-0.3, -0.25) is 9.59 Å². The van der Waals surface area contributed by atoms with Crippen LogP contribution in [0.3, 0.4) is 0 Å². The Morgan fingerprint density at radius 1 is 0.867 bits per heavy atom. The average Bonchev–Trinajstić information content (AvgIpc) is 2.79. The van der Waals surface area contributed by atoms with Gasteiger partial charge in [0.15, 0.2) is 0 Å². The molecule has 158 valence electrons. The van der Waals surface area contributed by atoms with Crippen molar-refractivity contribution in [2.45, 2.75) is 19.8 Å². The molecule has 2 saturated heterocycles. The van der Waals surface area contributed by atoms with Crippen LogP contribution in [0, 0.1) is 12.8 Å². The summed E-state index contributed by atoms with van der Waals surface area (Å²) in [6.07, 6.45) is 1.48. The number of anilines is 1. The van der Waals surface area contributed by atoms with Crippen LogP contribution in [0.5, 0.6) is 0 Å². The van der Waals surface area contributed by atoms with Crippen molar-refractivity contribution in [3.8, 4) is 0 Å². The van der Waals surface area contributed by atoms with E-state index < -0.39 is 0 Å². The Morgan fingerprint density at radius 3 is 2.23 bits per heavy atom. The molecule has 30 heavy (non-hydrogen) atoms. The maximum Gasteiger partial charge on any atom is 0.254 e. The SMILES string of the molecule is Cc1ccccc1C(=O)N1CCC(C(=O)N2CCN(c3cccc(Cl)c3)CC2)CC1. The molecule has 2 amide bonds.